The van der Waals surface area contributed by atoms with E-state index in [0.717, 1.165) is 27.1 Å². The van der Waals surface area contributed by atoms with Crippen LogP contribution in [0.2, 0.25) is 0 Å². The number of nitrogens with zero attached hydrogens (tertiary/aromatic N) is 4. The molecule has 4 rings (SSSR count). The molecule has 0 amide bonds. The average Bonchev–Trinajstić information content (AvgIpc) is 3.06. The summed E-state index contributed by atoms with van der Waals surface area (Å²) < 4.78 is 4.13. The molecular formula is C25H23BrN4O3. The van der Waals surface area contributed by atoms with Gasteiger partial charge in [-0.15, -0.1) is 0 Å². The quantitative estimate of drug-likeness (QED) is 0.373. The predicted octanol–water partition coefficient (Wildman–Crippen LogP) is 5.27. The summed E-state index contributed by atoms with van der Waals surface area (Å²) in [5.41, 5.74) is 4.00. The summed E-state index contributed by atoms with van der Waals surface area (Å²) in [6.07, 6.45) is 1.65. The van der Waals surface area contributed by atoms with Gasteiger partial charge in [0.2, 0.25) is 0 Å². The molecule has 2 aromatic carbocycles. The molecule has 0 spiro atoms. The second-order valence-electron chi connectivity index (χ2n) is 8.17. The fourth-order valence-corrected chi connectivity index (χ4v) is 4.23. The maximum Gasteiger partial charge on any atom is 0.335 e. The van der Waals surface area contributed by atoms with Gasteiger partial charge in [0, 0.05) is 33.0 Å². The number of hydrogen-bond acceptors (Lipinski definition) is 4. The number of benzene rings is 2. The first-order valence-corrected chi connectivity index (χ1v) is 11.3. The van der Waals surface area contributed by atoms with E-state index < -0.39 is 5.97 Å². The highest BCUT2D eigenvalue weighted by molar-refractivity contribution is 9.10. The summed E-state index contributed by atoms with van der Waals surface area (Å²) in [5, 5.41) is 14.3. The lowest BCUT2D eigenvalue weighted by molar-refractivity contribution is 0.0697. The zero-order chi connectivity index (χ0) is 23.9. The third-order valence-electron chi connectivity index (χ3n) is 5.48. The molecule has 33 heavy (non-hydrogen) atoms. The van der Waals surface area contributed by atoms with Crippen molar-refractivity contribution >= 4 is 39.0 Å². The summed E-state index contributed by atoms with van der Waals surface area (Å²) >= 11 is 3.42. The van der Waals surface area contributed by atoms with Gasteiger partial charge in [-0.3, -0.25) is 4.79 Å². The molecule has 8 heteroatoms. The summed E-state index contributed by atoms with van der Waals surface area (Å²) in [6, 6.07) is 14.2. The monoisotopic (exact) mass is 506 g/mol. The second kappa shape index (κ2) is 8.78. The minimum Gasteiger partial charge on any atom is -0.478 e. The first kappa shape index (κ1) is 22.7. The van der Waals surface area contributed by atoms with Crippen molar-refractivity contribution in [3.63, 3.8) is 0 Å². The molecule has 2 aromatic heterocycles. The van der Waals surface area contributed by atoms with Gasteiger partial charge in [0.05, 0.1) is 22.7 Å². The van der Waals surface area contributed by atoms with Gasteiger partial charge in [-0.1, -0.05) is 35.8 Å². The topological polar surface area (TPSA) is 89.5 Å². The van der Waals surface area contributed by atoms with Gasteiger partial charge in [-0.25, -0.2) is 9.78 Å². The molecule has 0 fully saturated rings. The lowest BCUT2D eigenvalue weighted by Crippen LogP contribution is -2.23. The Morgan fingerprint density at radius 2 is 1.91 bits per heavy atom. The number of carbonyl (C=O) groups is 1. The van der Waals surface area contributed by atoms with Crippen LogP contribution in [0, 0.1) is 13.8 Å². The number of halogens is 1. The van der Waals surface area contributed by atoms with Crippen molar-refractivity contribution in [3.8, 4) is 5.69 Å². The van der Waals surface area contributed by atoms with Crippen LogP contribution < -0.4 is 5.56 Å². The number of aromatic carboxylic acids is 1. The van der Waals surface area contributed by atoms with Gasteiger partial charge in [0.1, 0.15) is 5.82 Å². The van der Waals surface area contributed by atoms with E-state index in [0.29, 0.717) is 16.7 Å². The van der Waals surface area contributed by atoms with Crippen LogP contribution in [0.1, 0.15) is 52.9 Å². The molecule has 0 aliphatic rings. The number of carboxylic acids is 1. The SMILES string of the molecule is Cc1cc(C=Nn2c(C(C)C)nc3ccc(Br)cc3c2=O)c(C)n1-c1cccc(C(=O)O)c1. The standard InChI is InChI=1S/C25H23BrN4O3/c1-14(2)23-28-22-9-8-19(26)12-21(22)24(31)30(23)27-13-18-10-15(3)29(16(18)4)20-7-5-6-17(11-20)25(32)33/h5-14H,1-4H3,(H,32,33). The Hall–Kier alpha value is -3.52. The minimum atomic E-state index is -0.975. The molecule has 1 N–H and O–H groups in total. The van der Waals surface area contributed by atoms with Crippen molar-refractivity contribution in [2.24, 2.45) is 5.10 Å². The van der Waals surface area contributed by atoms with E-state index in [4.69, 9.17) is 0 Å². The van der Waals surface area contributed by atoms with Gasteiger partial charge < -0.3 is 9.67 Å². The van der Waals surface area contributed by atoms with E-state index in [2.05, 4.69) is 26.0 Å². The fraction of sp³-hybridized carbons (Fsp3) is 0.200. The van der Waals surface area contributed by atoms with Crippen LogP contribution in [0.4, 0.5) is 0 Å². The first-order valence-electron chi connectivity index (χ1n) is 10.5. The van der Waals surface area contributed by atoms with Crippen LogP contribution in [-0.4, -0.2) is 31.5 Å². The first-order chi connectivity index (χ1) is 15.7. The van der Waals surface area contributed by atoms with Crippen molar-refractivity contribution in [2.75, 3.05) is 0 Å². The lowest BCUT2D eigenvalue weighted by atomic mass is 10.2. The Labute approximate surface area is 199 Å². The molecule has 0 bridgehead atoms. The fourth-order valence-electron chi connectivity index (χ4n) is 3.86. The van der Waals surface area contributed by atoms with Crippen molar-refractivity contribution in [1.29, 1.82) is 0 Å². The Kier molecular flexibility index (Phi) is 6.03. The van der Waals surface area contributed by atoms with Crippen LogP contribution in [0.25, 0.3) is 16.6 Å². The predicted molar refractivity (Wildman–Crippen MR) is 133 cm³/mol. The van der Waals surface area contributed by atoms with Crippen molar-refractivity contribution in [2.45, 2.75) is 33.6 Å². The van der Waals surface area contributed by atoms with Crippen molar-refractivity contribution in [1.82, 2.24) is 14.2 Å². The molecule has 0 aliphatic carbocycles. The number of fused-ring (bicyclic) bond motifs is 1. The van der Waals surface area contributed by atoms with Gasteiger partial charge in [0.15, 0.2) is 0 Å². The van der Waals surface area contributed by atoms with E-state index in [9.17, 15) is 14.7 Å². The number of rotatable bonds is 5. The zero-order valence-electron chi connectivity index (χ0n) is 18.7. The smallest absolute Gasteiger partial charge is 0.335 e. The molecular weight excluding hydrogens is 484 g/mol. The highest BCUT2D eigenvalue weighted by atomic mass is 79.9. The number of aromatic nitrogens is 3. The molecule has 0 unspecified atom stereocenters. The van der Waals surface area contributed by atoms with Crippen LogP contribution in [-0.2, 0) is 0 Å². The molecule has 2 heterocycles. The molecule has 0 saturated heterocycles. The molecule has 4 aromatic rings. The number of aryl methyl sites for hydroxylation is 1. The van der Waals surface area contributed by atoms with E-state index >= 15 is 0 Å². The molecule has 0 atom stereocenters. The van der Waals surface area contributed by atoms with Crippen molar-refractivity contribution < 1.29 is 9.90 Å². The van der Waals surface area contributed by atoms with Gasteiger partial charge in [-0.2, -0.15) is 9.78 Å². The highest BCUT2D eigenvalue weighted by Crippen LogP contribution is 2.22. The largest absolute Gasteiger partial charge is 0.478 e. The second-order valence-corrected chi connectivity index (χ2v) is 9.08. The maximum atomic E-state index is 13.2. The van der Waals surface area contributed by atoms with Crippen LogP contribution >= 0.6 is 15.9 Å². The van der Waals surface area contributed by atoms with Gasteiger partial charge >= 0.3 is 5.97 Å². The molecule has 0 radical (unpaired) electrons. The number of carboxylic acid groups (broad SMARTS) is 1. The Morgan fingerprint density at radius 1 is 1.15 bits per heavy atom. The summed E-state index contributed by atoms with van der Waals surface area (Å²) in [5.74, 6) is -0.403. The highest BCUT2D eigenvalue weighted by Gasteiger charge is 2.15. The third kappa shape index (κ3) is 4.26. The minimum absolute atomic E-state index is 0.00548. The molecule has 168 valence electrons. The lowest BCUT2D eigenvalue weighted by Gasteiger charge is -2.12. The normalized spacial score (nSPS) is 11.7. The van der Waals surface area contributed by atoms with Gasteiger partial charge in [0.25, 0.3) is 5.56 Å². The van der Waals surface area contributed by atoms with E-state index in [1.807, 2.05) is 56.5 Å². The number of hydrogen-bond donors (Lipinski definition) is 1. The zero-order valence-corrected chi connectivity index (χ0v) is 20.3. The van der Waals surface area contributed by atoms with E-state index in [1.54, 1.807) is 30.5 Å². The Bertz CT molecular complexity index is 1480. The molecule has 0 aliphatic heterocycles. The summed E-state index contributed by atoms with van der Waals surface area (Å²) in [4.78, 5) is 29.3. The van der Waals surface area contributed by atoms with Crippen LogP contribution in [0.5, 0.6) is 0 Å². The Balaban J connectivity index is 1.82. The van der Waals surface area contributed by atoms with E-state index in [1.165, 1.54) is 4.68 Å². The third-order valence-corrected chi connectivity index (χ3v) is 5.98. The summed E-state index contributed by atoms with van der Waals surface area (Å²) in [7, 11) is 0. The van der Waals surface area contributed by atoms with Gasteiger partial charge in [-0.05, 0) is 56.3 Å². The van der Waals surface area contributed by atoms with Crippen LogP contribution in [0.3, 0.4) is 0 Å². The maximum absolute atomic E-state index is 13.2. The van der Waals surface area contributed by atoms with Crippen molar-refractivity contribution in [3.05, 3.63) is 91.7 Å². The summed E-state index contributed by atoms with van der Waals surface area (Å²) in [6.45, 7) is 7.82. The molecule has 7 nitrogen and oxygen atoms in total. The van der Waals surface area contributed by atoms with Crippen LogP contribution in [0.15, 0.2) is 62.9 Å². The Morgan fingerprint density at radius 3 is 2.61 bits per heavy atom. The van der Waals surface area contributed by atoms with E-state index in [-0.39, 0.29) is 17.0 Å². The molecule has 0 saturated carbocycles. The average molecular weight is 507 g/mol.